The van der Waals surface area contributed by atoms with Gasteiger partial charge in [-0.25, -0.2) is 0 Å². The van der Waals surface area contributed by atoms with Gasteiger partial charge in [0.15, 0.2) is 11.5 Å². The first-order valence-corrected chi connectivity index (χ1v) is 8.89. The number of hydrogen-bond donors (Lipinski definition) is 0. The summed E-state index contributed by atoms with van der Waals surface area (Å²) in [5, 5.41) is 0. The van der Waals surface area contributed by atoms with Gasteiger partial charge in [-0.2, -0.15) is 0 Å². The van der Waals surface area contributed by atoms with E-state index in [1.54, 1.807) is 25.1 Å². The minimum atomic E-state index is -0.109. The summed E-state index contributed by atoms with van der Waals surface area (Å²) >= 11 is 0. The smallest absolute Gasteiger partial charge is 0.258 e. The molecule has 3 aromatic carbocycles. The third-order valence-electron chi connectivity index (χ3n) is 4.34. The first-order valence-electron chi connectivity index (χ1n) is 8.89. The van der Waals surface area contributed by atoms with E-state index in [2.05, 4.69) is 0 Å². The van der Waals surface area contributed by atoms with E-state index in [0.717, 1.165) is 16.8 Å². The largest absolute Gasteiger partial charge is 0.492 e. The molecule has 0 spiro atoms. The number of nitrogens with zero attached hydrogens (tertiary/aromatic N) is 1. The highest BCUT2D eigenvalue weighted by atomic mass is 16.5. The van der Waals surface area contributed by atoms with E-state index in [-0.39, 0.29) is 5.91 Å². The molecular weight excluding hydrogens is 338 g/mol. The maximum atomic E-state index is 13.1. The Morgan fingerprint density at radius 3 is 2.19 bits per heavy atom. The Hall–Kier alpha value is -3.27. The molecular formula is C23H23NO3. The zero-order valence-corrected chi connectivity index (χ0v) is 15.8. The van der Waals surface area contributed by atoms with E-state index >= 15 is 0 Å². The fourth-order valence-corrected chi connectivity index (χ4v) is 2.99. The van der Waals surface area contributed by atoms with Crippen LogP contribution in [-0.4, -0.2) is 26.7 Å². The molecule has 4 heteroatoms. The van der Waals surface area contributed by atoms with Gasteiger partial charge >= 0.3 is 0 Å². The van der Waals surface area contributed by atoms with Gasteiger partial charge in [-0.3, -0.25) is 4.79 Å². The summed E-state index contributed by atoms with van der Waals surface area (Å²) in [4.78, 5) is 14.7. The van der Waals surface area contributed by atoms with Crippen molar-refractivity contribution in [2.24, 2.45) is 0 Å². The van der Waals surface area contributed by atoms with Crippen LogP contribution in [-0.2, 0) is 0 Å². The van der Waals surface area contributed by atoms with Crippen LogP contribution in [0.15, 0.2) is 72.8 Å². The lowest BCUT2D eigenvalue weighted by Gasteiger charge is -2.20. The predicted octanol–water partition coefficient (Wildman–Crippen LogP) is 5.04. The number of carbonyl (C=O) groups is 1. The monoisotopic (exact) mass is 361 g/mol. The van der Waals surface area contributed by atoms with Crippen LogP contribution in [0.3, 0.4) is 0 Å². The van der Waals surface area contributed by atoms with Gasteiger partial charge in [-0.15, -0.1) is 0 Å². The van der Waals surface area contributed by atoms with E-state index in [9.17, 15) is 4.79 Å². The molecule has 0 unspecified atom stereocenters. The molecule has 0 fully saturated rings. The van der Waals surface area contributed by atoms with Gasteiger partial charge in [0, 0.05) is 23.9 Å². The van der Waals surface area contributed by atoms with Crippen LogP contribution in [0.5, 0.6) is 11.5 Å². The lowest BCUT2D eigenvalue weighted by Crippen LogP contribution is -2.26. The molecule has 27 heavy (non-hydrogen) atoms. The number of anilines is 1. The van der Waals surface area contributed by atoms with Crippen molar-refractivity contribution < 1.29 is 14.3 Å². The van der Waals surface area contributed by atoms with E-state index in [1.807, 2.05) is 73.7 Å². The van der Waals surface area contributed by atoms with Crippen molar-refractivity contribution >= 4 is 11.6 Å². The molecule has 0 atom stereocenters. The van der Waals surface area contributed by atoms with Crippen molar-refractivity contribution in [3.05, 3.63) is 78.4 Å². The number of ether oxygens (including phenoxy) is 2. The van der Waals surface area contributed by atoms with Crippen LogP contribution in [0.2, 0.25) is 0 Å². The highest BCUT2D eigenvalue weighted by molar-refractivity contribution is 6.07. The van der Waals surface area contributed by atoms with Gasteiger partial charge in [0.05, 0.1) is 13.7 Å². The van der Waals surface area contributed by atoms with Gasteiger partial charge in [0.25, 0.3) is 5.91 Å². The number of methoxy groups -OCH3 is 1. The molecule has 0 aliphatic heterocycles. The Bertz CT molecular complexity index is 908. The normalized spacial score (nSPS) is 10.3. The van der Waals surface area contributed by atoms with E-state index in [0.29, 0.717) is 23.7 Å². The fourth-order valence-electron chi connectivity index (χ4n) is 2.99. The number of amides is 1. The Labute approximate surface area is 160 Å². The average molecular weight is 361 g/mol. The van der Waals surface area contributed by atoms with E-state index in [4.69, 9.17) is 9.47 Å². The molecule has 4 nitrogen and oxygen atoms in total. The number of para-hydroxylation sites is 1. The Balaban J connectivity index is 2.10. The minimum absolute atomic E-state index is 0.109. The lowest BCUT2D eigenvalue weighted by molar-refractivity contribution is 0.0992. The molecule has 0 aliphatic rings. The maximum Gasteiger partial charge on any atom is 0.258 e. The summed E-state index contributed by atoms with van der Waals surface area (Å²) in [6.07, 6.45) is 0. The second kappa shape index (κ2) is 8.41. The van der Waals surface area contributed by atoms with Crippen molar-refractivity contribution in [1.82, 2.24) is 0 Å². The fraction of sp³-hybridized carbons (Fsp3) is 0.174. The first kappa shape index (κ1) is 18.5. The van der Waals surface area contributed by atoms with Crippen LogP contribution >= 0.6 is 0 Å². The van der Waals surface area contributed by atoms with Crippen LogP contribution in [0, 0.1) is 0 Å². The molecule has 3 rings (SSSR count). The highest BCUT2D eigenvalue weighted by Gasteiger charge is 2.20. The predicted molar refractivity (Wildman–Crippen MR) is 109 cm³/mol. The second-order valence-electron chi connectivity index (χ2n) is 6.05. The Morgan fingerprint density at radius 1 is 0.963 bits per heavy atom. The van der Waals surface area contributed by atoms with Crippen LogP contribution < -0.4 is 14.4 Å². The summed E-state index contributed by atoms with van der Waals surface area (Å²) < 4.78 is 11.4. The highest BCUT2D eigenvalue weighted by Crippen LogP contribution is 2.39. The van der Waals surface area contributed by atoms with Gasteiger partial charge in [0.2, 0.25) is 0 Å². The van der Waals surface area contributed by atoms with Crippen molar-refractivity contribution in [2.75, 3.05) is 25.7 Å². The second-order valence-corrected chi connectivity index (χ2v) is 6.05. The third kappa shape index (κ3) is 3.95. The summed E-state index contributed by atoms with van der Waals surface area (Å²) in [6, 6.07) is 23.0. The van der Waals surface area contributed by atoms with Crippen LogP contribution in [0.25, 0.3) is 11.1 Å². The molecule has 0 heterocycles. The molecule has 0 aliphatic carbocycles. The summed E-state index contributed by atoms with van der Waals surface area (Å²) in [7, 11) is 3.38. The summed E-state index contributed by atoms with van der Waals surface area (Å²) in [5.41, 5.74) is 3.17. The molecule has 0 bridgehead atoms. The Kier molecular flexibility index (Phi) is 5.77. The van der Waals surface area contributed by atoms with Crippen molar-refractivity contribution in [1.29, 1.82) is 0 Å². The van der Waals surface area contributed by atoms with Crippen LogP contribution in [0.4, 0.5) is 5.69 Å². The Morgan fingerprint density at radius 2 is 1.59 bits per heavy atom. The quantitative estimate of drug-likeness (QED) is 0.617. The number of hydrogen-bond acceptors (Lipinski definition) is 3. The zero-order chi connectivity index (χ0) is 19.2. The number of carbonyl (C=O) groups excluding carboxylic acids is 1. The summed E-state index contributed by atoms with van der Waals surface area (Å²) in [6.45, 7) is 2.39. The van der Waals surface area contributed by atoms with Gasteiger partial charge in [0.1, 0.15) is 0 Å². The summed E-state index contributed by atoms with van der Waals surface area (Å²) in [5.74, 6) is 1.08. The van der Waals surface area contributed by atoms with Crippen molar-refractivity contribution in [3.63, 3.8) is 0 Å². The molecule has 0 N–H and O–H groups in total. The van der Waals surface area contributed by atoms with Gasteiger partial charge in [-0.1, -0.05) is 48.5 Å². The van der Waals surface area contributed by atoms with Crippen molar-refractivity contribution in [3.8, 4) is 22.6 Å². The number of benzene rings is 3. The third-order valence-corrected chi connectivity index (χ3v) is 4.34. The SMILES string of the molecule is CCOc1cc(C(=O)N(C)c2ccccc2)cc(-c2ccccc2)c1OC. The van der Waals surface area contributed by atoms with Crippen molar-refractivity contribution in [2.45, 2.75) is 6.92 Å². The molecule has 0 saturated heterocycles. The standard InChI is InChI=1S/C23H23NO3/c1-4-27-21-16-18(23(25)24(2)19-13-9-6-10-14-19)15-20(22(21)26-3)17-11-7-5-8-12-17/h5-16H,4H2,1-3H3. The van der Waals surface area contributed by atoms with E-state index < -0.39 is 0 Å². The maximum absolute atomic E-state index is 13.1. The van der Waals surface area contributed by atoms with E-state index in [1.165, 1.54) is 0 Å². The molecule has 0 saturated carbocycles. The molecule has 1 amide bonds. The zero-order valence-electron chi connectivity index (χ0n) is 15.8. The van der Waals surface area contributed by atoms with Gasteiger partial charge < -0.3 is 14.4 Å². The molecule has 138 valence electrons. The molecule has 0 radical (unpaired) electrons. The molecule has 0 aromatic heterocycles. The average Bonchev–Trinajstić information content (AvgIpc) is 2.73. The lowest BCUT2D eigenvalue weighted by atomic mass is 10.0. The minimum Gasteiger partial charge on any atom is -0.492 e. The number of rotatable bonds is 6. The topological polar surface area (TPSA) is 38.8 Å². The van der Waals surface area contributed by atoms with Crippen LogP contribution in [0.1, 0.15) is 17.3 Å². The van der Waals surface area contributed by atoms with Gasteiger partial charge in [-0.05, 0) is 36.8 Å². The molecule has 3 aromatic rings. The first-order chi connectivity index (χ1) is 13.2.